The molecule has 0 N–H and O–H groups in total. The predicted octanol–water partition coefficient (Wildman–Crippen LogP) is 6.18. The van der Waals surface area contributed by atoms with E-state index in [1.54, 1.807) is 0 Å². The van der Waals surface area contributed by atoms with Gasteiger partial charge in [0, 0.05) is 18.3 Å². The van der Waals surface area contributed by atoms with Crippen LogP contribution in [-0.2, 0) is 6.54 Å². The Morgan fingerprint density at radius 2 is 1.65 bits per heavy atom. The van der Waals surface area contributed by atoms with E-state index in [2.05, 4.69) is 60.8 Å². The van der Waals surface area contributed by atoms with Gasteiger partial charge in [0.1, 0.15) is 0 Å². The molecule has 0 aliphatic heterocycles. The molecule has 1 aromatic heterocycles. The van der Waals surface area contributed by atoms with Crippen LogP contribution >= 0.6 is 0 Å². The molecule has 0 radical (unpaired) electrons. The van der Waals surface area contributed by atoms with E-state index < -0.39 is 0 Å². The Balaban J connectivity index is 1.64. The van der Waals surface area contributed by atoms with E-state index in [1.165, 1.54) is 44.1 Å². The first kappa shape index (κ1) is 17.8. The van der Waals surface area contributed by atoms with E-state index in [0.29, 0.717) is 0 Å². The maximum Gasteiger partial charge on any atom is 0.0953 e. The Morgan fingerprint density at radius 1 is 0.913 bits per heavy atom. The lowest BCUT2D eigenvalue weighted by molar-refractivity contribution is 0.416. The summed E-state index contributed by atoms with van der Waals surface area (Å²) < 4.78 is 2.23. The van der Waals surface area contributed by atoms with Crippen molar-refractivity contribution in [3.63, 3.8) is 0 Å². The summed E-state index contributed by atoms with van der Waals surface area (Å²) in [6.45, 7) is 8.13. The molecule has 1 unspecified atom stereocenters. The fraction of sp³-hybridized carbons (Fsp3) is 0.571. The molecule has 0 aliphatic rings. The van der Waals surface area contributed by atoms with Crippen molar-refractivity contribution in [2.45, 2.75) is 65.8 Å². The Kier molecular flexibility index (Phi) is 7.38. The molecule has 1 aromatic carbocycles. The van der Waals surface area contributed by atoms with Crippen molar-refractivity contribution < 1.29 is 0 Å². The number of aryl methyl sites for hydroxylation is 1. The van der Waals surface area contributed by atoms with Crippen LogP contribution in [0.25, 0.3) is 11.3 Å². The minimum Gasteiger partial charge on any atom is -0.337 e. The van der Waals surface area contributed by atoms with Gasteiger partial charge in [-0.05, 0) is 18.3 Å². The van der Waals surface area contributed by atoms with Crippen molar-refractivity contribution in [2.75, 3.05) is 0 Å². The molecular weight excluding hydrogens is 280 g/mol. The second kappa shape index (κ2) is 9.54. The summed E-state index contributed by atoms with van der Waals surface area (Å²) in [5.41, 5.74) is 2.28. The first-order valence-corrected chi connectivity index (χ1v) is 9.22. The summed E-state index contributed by atoms with van der Waals surface area (Å²) in [6.07, 6.45) is 12.2. The van der Waals surface area contributed by atoms with Gasteiger partial charge in [0.2, 0.25) is 0 Å². The summed E-state index contributed by atoms with van der Waals surface area (Å²) in [7, 11) is 0. The fourth-order valence-electron chi connectivity index (χ4n) is 3.05. The van der Waals surface area contributed by atoms with E-state index >= 15 is 0 Å². The molecule has 1 atom stereocenters. The number of imidazole rings is 1. The molecule has 2 nitrogen and oxygen atoms in total. The van der Waals surface area contributed by atoms with Crippen LogP contribution in [0.5, 0.6) is 0 Å². The fourth-order valence-corrected chi connectivity index (χ4v) is 3.05. The van der Waals surface area contributed by atoms with Gasteiger partial charge in [-0.25, -0.2) is 4.98 Å². The standard InChI is InChI=1S/C21H32N2/c1-18(2)10-9-12-19(3)11-7-8-15-23-16-21(22-17-23)20-13-5-4-6-14-20/h4-6,13-14,16-19H,7-12,15H2,1-3H3. The zero-order valence-electron chi connectivity index (χ0n) is 15.0. The molecule has 1 heterocycles. The zero-order valence-corrected chi connectivity index (χ0v) is 15.0. The zero-order chi connectivity index (χ0) is 16.5. The summed E-state index contributed by atoms with van der Waals surface area (Å²) in [6, 6.07) is 10.4. The molecule has 2 rings (SSSR count). The quantitative estimate of drug-likeness (QED) is 0.479. The van der Waals surface area contributed by atoms with Crippen LogP contribution in [0.4, 0.5) is 0 Å². The van der Waals surface area contributed by atoms with Crippen molar-refractivity contribution in [2.24, 2.45) is 11.8 Å². The lowest BCUT2D eigenvalue weighted by Gasteiger charge is -2.12. The first-order chi connectivity index (χ1) is 11.1. The highest BCUT2D eigenvalue weighted by atomic mass is 15.0. The molecule has 0 fully saturated rings. The third-order valence-corrected chi connectivity index (χ3v) is 4.54. The number of unbranched alkanes of at least 4 members (excludes halogenated alkanes) is 1. The Hall–Kier alpha value is -1.57. The Morgan fingerprint density at radius 3 is 2.39 bits per heavy atom. The highest BCUT2D eigenvalue weighted by Crippen LogP contribution is 2.19. The van der Waals surface area contributed by atoms with E-state index in [0.717, 1.165) is 24.1 Å². The molecule has 0 bridgehead atoms. The third kappa shape index (κ3) is 6.60. The normalized spacial score (nSPS) is 12.7. The number of nitrogens with zero attached hydrogens (tertiary/aromatic N) is 2. The van der Waals surface area contributed by atoms with Crippen molar-refractivity contribution in [1.82, 2.24) is 9.55 Å². The van der Waals surface area contributed by atoms with E-state index in [4.69, 9.17) is 0 Å². The summed E-state index contributed by atoms with van der Waals surface area (Å²) in [5, 5.41) is 0. The third-order valence-electron chi connectivity index (χ3n) is 4.54. The monoisotopic (exact) mass is 312 g/mol. The molecule has 0 aliphatic carbocycles. The van der Waals surface area contributed by atoms with Crippen molar-refractivity contribution >= 4 is 0 Å². The molecule has 0 spiro atoms. The topological polar surface area (TPSA) is 17.8 Å². The highest BCUT2D eigenvalue weighted by molar-refractivity contribution is 5.57. The second-order valence-corrected chi connectivity index (χ2v) is 7.29. The number of hydrogen-bond acceptors (Lipinski definition) is 1. The summed E-state index contributed by atoms with van der Waals surface area (Å²) in [4.78, 5) is 4.52. The van der Waals surface area contributed by atoms with Crippen molar-refractivity contribution in [3.8, 4) is 11.3 Å². The van der Waals surface area contributed by atoms with E-state index in [9.17, 15) is 0 Å². The van der Waals surface area contributed by atoms with Gasteiger partial charge in [-0.2, -0.15) is 0 Å². The maximum atomic E-state index is 4.52. The van der Waals surface area contributed by atoms with E-state index in [1.807, 2.05) is 12.4 Å². The van der Waals surface area contributed by atoms with Crippen LogP contribution in [-0.4, -0.2) is 9.55 Å². The molecule has 0 saturated heterocycles. The van der Waals surface area contributed by atoms with Crippen LogP contribution in [0.3, 0.4) is 0 Å². The van der Waals surface area contributed by atoms with Gasteiger partial charge < -0.3 is 4.57 Å². The molecule has 0 saturated carbocycles. The summed E-state index contributed by atoms with van der Waals surface area (Å²) >= 11 is 0. The van der Waals surface area contributed by atoms with Gasteiger partial charge in [-0.1, -0.05) is 83.2 Å². The Labute approximate surface area is 142 Å². The molecule has 0 amide bonds. The van der Waals surface area contributed by atoms with Crippen LogP contribution in [0, 0.1) is 11.8 Å². The molecule has 2 aromatic rings. The van der Waals surface area contributed by atoms with Gasteiger partial charge in [0.05, 0.1) is 12.0 Å². The minimum absolute atomic E-state index is 0.849. The first-order valence-electron chi connectivity index (χ1n) is 9.22. The molecule has 23 heavy (non-hydrogen) atoms. The van der Waals surface area contributed by atoms with Gasteiger partial charge >= 0.3 is 0 Å². The van der Waals surface area contributed by atoms with E-state index in [-0.39, 0.29) is 0 Å². The number of hydrogen-bond donors (Lipinski definition) is 0. The molecule has 126 valence electrons. The van der Waals surface area contributed by atoms with Gasteiger partial charge in [-0.3, -0.25) is 0 Å². The molecular formula is C21H32N2. The maximum absolute atomic E-state index is 4.52. The molecule has 2 heteroatoms. The number of rotatable bonds is 10. The van der Waals surface area contributed by atoms with Gasteiger partial charge in [-0.15, -0.1) is 0 Å². The number of benzene rings is 1. The average Bonchev–Trinajstić information content (AvgIpc) is 3.01. The van der Waals surface area contributed by atoms with Gasteiger partial charge in [0.15, 0.2) is 0 Å². The van der Waals surface area contributed by atoms with Crippen LogP contribution < -0.4 is 0 Å². The van der Waals surface area contributed by atoms with Crippen molar-refractivity contribution in [1.29, 1.82) is 0 Å². The van der Waals surface area contributed by atoms with Crippen LogP contribution in [0.2, 0.25) is 0 Å². The lowest BCUT2D eigenvalue weighted by Crippen LogP contribution is -1.99. The van der Waals surface area contributed by atoms with Crippen LogP contribution in [0.1, 0.15) is 59.3 Å². The smallest absolute Gasteiger partial charge is 0.0953 e. The predicted molar refractivity (Wildman–Crippen MR) is 99.4 cm³/mol. The number of aromatic nitrogens is 2. The largest absolute Gasteiger partial charge is 0.337 e. The SMILES string of the molecule is CC(C)CCCC(C)CCCCn1cnc(-c2ccccc2)c1. The average molecular weight is 313 g/mol. The van der Waals surface area contributed by atoms with Crippen LogP contribution in [0.15, 0.2) is 42.9 Å². The lowest BCUT2D eigenvalue weighted by atomic mass is 9.95. The Bertz CT molecular complexity index is 542. The second-order valence-electron chi connectivity index (χ2n) is 7.29. The van der Waals surface area contributed by atoms with Gasteiger partial charge in [0.25, 0.3) is 0 Å². The highest BCUT2D eigenvalue weighted by Gasteiger charge is 2.04. The minimum atomic E-state index is 0.849. The summed E-state index contributed by atoms with van der Waals surface area (Å²) in [5.74, 6) is 1.72. The van der Waals surface area contributed by atoms with Crippen molar-refractivity contribution in [3.05, 3.63) is 42.9 Å².